The number of hydrogen-bond donors (Lipinski definition) is 0. The minimum atomic E-state index is -0.610. The van der Waals surface area contributed by atoms with Crippen molar-refractivity contribution in [2.45, 2.75) is 37.9 Å². The van der Waals surface area contributed by atoms with Gasteiger partial charge < -0.3 is 4.74 Å². The summed E-state index contributed by atoms with van der Waals surface area (Å²) in [5.41, 5.74) is 0.0642. The van der Waals surface area contributed by atoms with Crippen LogP contribution in [-0.4, -0.2) is 17.1 Å². The first-order chi connectivity index (χ1) is 9.54. The largest absolute Gasteiger partial charge is 0.373 e. The molecular formula is C14H13BrN2O3. The van der Waals surface area contributed by atoms with Crippen molar-refractivity contribution < 1.29 is 9.66 Å². The molecule has 1 aromatic rings. The molecule has 3 rings (SSSR count). The minimum Gasteiger partial charge on any atom is -0.373 e. The van der Waals surface area contributed by atoms with Gasteiger partial charge in [-0.05, 0) is 25.3 Å². The van der Waals surface area contributed by atoms with Gasteiger partial charge in [0.15, 0.2) is 0 Å². The highest BCUT2D eigenvalue weighted by atomic mass is 79.9. The fourth-order valence-electron chi connectivity index (χ4n) is 3.34. The molecule has 2 aliphatic heterocycles. The van der Waals surface area contributed by atoms with Crippen LogP contribution < -0.4 is 0 Å². The molecule has 0 amide bonds. The smallest absolute Gasteiger partial charge is 0.273 e. The molecule has 2 fully saturated rings. The fourth-order valence-corrected chi connectivity index (χ4v) is 3.69. The van der Waals surface area contributed by atoms with Crippen molar-refractivity contribution in [3.63, 3.8) is 0 Å². The SMILES string of the molecule is N#CC1(Cc2ccc(Br)cc2[N+](=O)[O-])CC2CCC1O2. The number of hydrogen-bond acceptors (Lipinski definition) is 4. The highest BCUT2D eigenvalue weighted by molar-refractivity contribution is 9.10. The van der Waals surface area contributed by atoms with E-state index in [0.29, 0.717) is 22.9 Å². The van der Waals surface area contributed by atoms with Crippen LogP contribution in [0.4, 0.5) is 5.69 Å². The van der Waals surface area contributed by atoms with Crippen molar-refractivity contribution in [2.24, 2.45) is 5.41 Å². The van der Waals surface area contributed by atoms with E-state index in [4.69, 9.17) is 4.74 Å². The van der Waals surface area contributed by atoms with Crippen LogP contribution >= 0.6 is 15.9 Å². The molecule has 2 aliphatic rings. The number of nitrogens with zero attached hydrogens (tertiary/aromatic N) is 2. The number of halogens is 1. The van der Waals surface area contributed by atoms with Crippen LogP contribution in [0.1, 0.15) is 24.8 Å². The molecule has 1 aromatic carbocycles. The second kappa shape index (κ2) is 4.83. The van der Waals surface area contributed by atoms with Gasteiger partial charge in [0, 0.05) is 22.5 Å². The molecule has 20 heavy (non-hydrogen) atoms. The summed E-state index contributed by atoms with van der Waals surface area (Å²) in [4.78, 5) is 10.8. The average Bonchev–Trinajstić information content (AvgIpc) is 3.01. The van der Waals surface area contributed by atoms with E-state index in [-0.39, 0.29) is 22.8 Å². The summed E-state index contributed by atoms with van der Waals surface area (Å²) in [6.07, 6.45) is 3.00. The van der Waals surface area contributed by atoms with Crippen molar-refractivity contribution in [1.82, 2.24) is 0 Å². The molecule has 0 saturated carbocycles. The van der Waals surface area contributed by atoms with E-state index in [9.17, 15) is 15.4 Å². The summed E-state index contributed by atoms with van der Waals surface area (Å²) < 4.78 is 6.44. The van der Waals surface area contributed by atoms with Crippen molar-refractivity contribution in [2.75, 3.05) is 0 Å². The maximum Gasteiger partial charge on any atom is 0.273 e. The van der Waals surface area contributed by atoms with Crippen LogP contribution in [0.25, 0.3) is 0 Å². The first-order valence-electron chi connectivity index (χ1n) is 6.53. The summed E-state index contributed by atoms with van der Waals surface area (Å²) in [6.45, 7) is 0. The molecule has 2 bridgehead atoms. The van der Waals surface area contributed by atoms with Gasteiger partial charge in [-0.15, -0.1) is 0 Å². The maximum atomic E-state index is 11.2. The number of benzene rings is 1. The van der Waals surface area contributed by atoms with Crippen molar-refractivity contribution in [1.29, 1.82) is 5.26 Å². The predicted octanol–water partition coefficient (Wildman–Crippen LogP) is 3.36. The number of nitriles is 1. The van der Waals surface area contributed by atoms with E-state index in [1.54, 1.807) is 12.1 Å². The Kier molecular flexibility index (Phi) is 3.27. The number of fused-ring (bicyclic) bond motifs is 2. The number of nitro groups is 1. The molecule has 3 atom stereocenters. The predicted molar refractivity (Wildman–Crippen MR) is 75.1 cm³/mol. The Hall–Kier alpha value is -1.45. The van der Waals surface area contributed by atoms with Crippen molar-refractivity contribution >= 4 is 21.6 Å². The zero-order chi connectivity index (χ0) is 14.3. The number of nitro benzene ring substituents is 1. The van der Waals surface area contributed by atoms with Gasteiger partial charge in [0.2, 0.25) is 0 Å². The Morgan fingerprint density at radius 3 is 2.90 bits per heavy atom. The summed E-state index contributed by atoms with van der Waals surface area (Å²) in [5.74, 6) is 0. The van der Waals surface area contributed by atoms with Crippen molar-refractivity contribution in [3.05, 3.63) is 38.3 Å². The molecule has 0 aliphatic carbocycles. The van der Waals surface area contributed by atoms with E-state index in [2.05, 4.69) is 22.0 Å². The molecule has 6 heteroatoms. The van der Waals surface area contributed by atoms with E-state index >= 15 is 0 Å². The summed E-state index contributed by atoms with van der Waals surface area (Å²) in [7, 11) is 0. The molecule has 0 N–H and O–H groups in total. The van der Waals surface area contributed by atoms with Crippen LogP contribution in [0.3, 0.4) is 0 Å². The van der Waals surface area contributed by atoms with Gasteiger partial charge in [0.1, 0.15) is 0 Å². The van der Waals surface area contributed by atoms with E-state index in [0.717, 1.165) is 12.8 Å². The van der Waals surface area contributed by atoms with Crippen LogP contribution in [0.15, 0.2) is 22.7 Å². The van der Waals surface area contributed by atoms with E-state index < -0.39 is 5.41 Å². The molecule has 0 aromatic heterocycles. The summed E-state index contributed by atoms with van der Waals surface area (Å²) in [6, 6.07) is 7.38. The van der Waals surface area contributed by atoms with Gasteiger partial charge in [-0.25, -0.2) is 0 Å². The second-order valence-corrected chi connectivity index (χ2v) is 6.42. The summed E-state index contributed by atoms with van der Waals surface area (Å²) in [5, 5.41) is 20.7. The average molecular weight is 337 g/mol. The maximum absolute atomic E-state index is 11.2. The lowest BCUT2D eigenvalue weighted by molar-refractivity contribution is -0.385. The Balaban J connectivity index is 1.95. The standard InChI is InChI=1S/C14H13BrN2O3/c15-10-2-1-9(12(5-10)17(18)19)6-14(8-16)7-11-3-4-13(14)20-11/h1-2,5,11,13H,3-4,6-7H2. The molecule has 3 unspecified atom stereocenters. The Labute approximate surface area is 124 Å². The second-order valence-electron chi connectivity index (χ2n) is 5.50. The van der Waals surface area contributed by atoms with Crippen LogP contribution in [0.2, 0.25) is 0 Å². The van der Waals surface area contributed by atoms with E-state index in [1.165, 1.54) is 6.07 Å². The molecule has 0 radical (unpaired) electrons. The molecule has 5 nitrogen and oxygen atoms in total. The van der Waals surface area contributed by atoms with Gasteiger partial charge in [0.25, 0.3) is 5.69 Å². The topological polar surface area (TPSA) is 76.2 Å². The zero-order valence-corrected chi connectivity index (χ0v) is 12.3. The monoisotopic (exact) mass is 336 g/mol. The third-order valence-electron chi connectivity index (χ3n) is 4.29. The lowest BCUT2D eigenvalue weighted by Gasteiger charge is -2.28. The molecule has 104 valence electrons. The third kappa shape index (κ3) is 2.11. The molecular weight excluding hydrogens is 324 g/mol. The lowest BCUT2D eigenvalue weighted by Crippen LogP contribution is -2.33. The molecule has 2 saturated heterocycles. The van der Waals surface area contributed by atoms with Crippen LogP contribution in [-0.2, 0) is 11.2 Å². The van der Waals surface area contributed by atoms with Crippen molar-refractivity contribution in [3.8, 4) is 6.07 Å². The Morgan fingerprint density at radius 2 is 2.35 bits per heavy atom. The van der Waals surface area contributed by atoms with Gasteiger partial charge in [-0.3, -0.25) is 10.1 Å². The fraction of sp³-hybridized carbons (Fsp3) is 0.500. The Bertz CT molecular complexity index is 613. The lowest BCUT2D eigenvalue weighted by atomic mass is 9.71. The first-order valence-corrected chi connectivity index (χ1v) is 7.33. The highest BCUT2D eigenvalue weighted by Gasteiger charge is 2.53. The number of ether oxygens (including phenoxy) is 1. The van der Waals surface area contributed by atoms with Gasteiger partial charge in [-0.2, -0.15) is 5.26 Å². The molecule has 0 spiro atoms. The third-order valence-corrected chi connectivity index (χ3v) is 4.78. The zero-order valence-electron chi connectivity index (χ0n) is 10.7. The summed E-state index contributed by atoms with van der Waals surface area (Å²) >= 11 is 3.25. The normalized spacial score (nSPS) is 31.2. The Morgan fingerprint density at radius 1 is 1.55 bits per heavy atom. The van der Waals surface area contributed by atoms with Gasteiger partial charge in [0.05, 0.1) is 28.6 Å². The van der Waals surface area contributed by atoms with Gasteiger partial charge in [-0.1, -0.05) is 22.0 Å². The highest BCUT2D eigenvalue weighted by Crippen LogP contribution is 2.50. The van der Waals surface area contributed by atoms with Crippen LogP contribution in [0, 0.1) is 26.9 Å². The van der Waals surface area contributed by atoms with Gasteiger partial charge >= 0.3 is 0 Å². The first kappa shape index (κ1) is 13.5. The number of rotatable bonds is 3. The molecule has 2 heterocycles. The van der Waals surface area contributed by atoms with Crippen LogP contribution in [0.5, 0.6) is 0 Å². The quantitative estimate of drug-likeness (QED) is 0.626. The van der Waals surface area contributed by atoms with E-state index in [1.807, 2.05) is 0 Å². The minimum absolute atomic E-state index is 0.0665.